The third-order valence-electron chi connectivity index (χ3n) is 4.74. The molecule has 2 aromatic rings. The maximum absolute atomic E-state index is 12.6. The Labute approximate surface area is 177 Å². The first-order valence-electron chi connectivity index (χ1n) is 9.99. The van der Waals surface area contributed by atoms with Crippen molar-refractivity contribution in [1.82, 2.24) is 4.90 Å². The predicted molar refractivity (Wildman–Crippen MR) is 115 cm³/mol. The molecule has 0 radical (unpaired) electrons. The van der Waals surface area contributed by atoms with E-state index >= 15 is 0 Å². The van der Waals surface area contributed by atoms with Gasteiger partial charge >= 0.3 is 0 Å². The summed E-state index contributed by atoms with van der Waals surface area (Å²) in [4.78, 5) is 25.6. The van der Waals surface area contributed by atoms with Gasteiger partial charge in [-0.3, -0.25) is 9.59 Å². The van der Waals surface area contributed by atoms with E-state index in [1.165, 1.54) is 11.0 Å². The van der Waals surface area contributed by atoms with E-state index in [0.29, 0.717) is 17.9 Å². The van der Waals surface area contributed by atoms with Gasteiger partial charge in [0.2, 0.25) is 0 Å². The van der Waals surface area contributed by atoms with Gasteiger partial charge in [0.1, 0.15) is 23.4 Å². The summed E-state index contributed by atoms with van der Waals surface area (Å²) in [7, 11) is 3.34. The Balaban J connectivity index is 1.70. The van der Waals surface area contributed by atoms with Crippen LogP contribution in [0.3, 0.4) is 0 Å². The SMILES string of the molecule is CCOc1cc2c(cc1C=CC(=O)c1ccc(OCC(=O)N(C)C)cc1)OC(C)C2. The fraction of sp³-hybridized carbons (Fsp3) is 0.333. The monoisotopic (exact) mass is 409 g/mol. The molecule has 0 saturated heterocycles. The smallest absolute Gasteiger partial charge is 0.259 e. The largest absolute Gasteiger partial charge is 0.493 e. The van der Waals surface area contributed by atoms with Gasteiger partial charge in [0.05, 0.1) is 6.61 Å². The van der Waals surface area contributed by atoms with Gasteiger partial charge in [0, 0.05) is 37.2 Å². The number of benzene rings is 2. The zero-order valence-corrected chi connectivity index (χ0v) is 17.8. The standard InChI is InChI=1S/C24H27NO5/c1-5-28-22-14-19-12-16(2)30-23(19)13-18(22)8-11-21(26)17-6-9-20(10-7-17)29-15-24(27)25(3)4/h6-11,13-14,16H,5,12,15H2,1-4H3. The van der Waals surface area contributed by atoms with Crippen molar-refractivity contribution in [3.8, 4) is 17.2 Å². The molecule has 0 aromatic heterocycles. The zero-order valence-electron chi connectivity index (χ0n) is 17.8. The van der Waals surface area contributed by atoms with Gasteiger partial charge in [-0.2, -0.15) is 0 Å². The molecule has 6 nitrogen and oxygen atoms in total. The van der Waals surface area contributed by atoms with Gasteiger partial charge in [-0.25, -0.2) is 0 Å². The Bertz CT molecular complexity index is 947. The van der Waals surface area contributed by atoms with Crippen LogP contribution < -0.4 is 14.2 Å². The van der Waals surface area contributed by atoms with Gasteiger partial charge in [-0.1, -0.05) is 0 Å². The second-order valence-corrected chi connectivity index (χ2v) is 7.36. The fourth-order valence-corrected chi connectivity index (χ4v) is 3.12. The number of fused-ring (bicyclic) bond motifs is 1. The average molecular weight is 409 g/mol. The molecule has 2 aromatic carbocycles. The van der Waals surface area contributed by atoms with Crippen LogP contribution in [0, 0.1) is 0 Å². The van der Waals surface area contributed by atoms with Crippen LogP contribution in [0.5, 0.6) is 17.2 Å². The van der Waals surface area contributed by atoms with E-state index in [1.54, 1.807) is 44.4 Å². The van der Waals surface area contributed by atoms with Crippen molar-refractivity contribution in [3.63, 3.8) is 0 Å². The summed E-state index contributed by atoms with van der Waals surface area (Å²) in [5.41, 5.74) is 2.46. The molecule has 0 saturated carbocycles. The van der Waals surface area contributed by atoms with Crippen LogP contribution in [-0.4, -0.2) is 50.0 Å². The number of ether oxygens (including phenoxy) is 3. The summed E-state index contributed by atoms with van der Waals surface area (Å²) < 4.78 is 17.0. The lowest BCUT2D eigenvalue weighted by Gasteiger charge is -2.11. The van der Waals surface area contributed by atoms with Crippen LogP contribution in [0.1, 0.15) is 35.3 Å². The second kappa shape index (κ2) is 9.48. The number of carbonyl (C=O) groups is 2. The van der Waals surface area contributed by atoms with Crippen molar-refractivity contribution in [2.24, 2.45) is 0 Å². The topological polar surface area (TPSA) is 65.1 Å². The van der Waals surface area contributed by atoms with Crippen molar-refractivity contribution in [2.75, 3.05) is 27.3 Å². The lowest BCUT2D eigenvalue weighted by Crippen LogP contribution is -2.27. The van der Waals surface area contributed by atoms with Gasteiger partial charge in [-0.15, -0.1) is 0 Å². The van der Waals surface area contributed by atoms with E-state index < -0.39 is 0 Å². The molecule has 30 heavy (non-hydrogen) atoms. The second-order valence-electron chi connectivity index (χ2n) is 7.36. The van der Waals surface area contributed by atoms with Gasteiger partial charge < -0.3 is 19.1 Å². The maximum atomic E-state index is 12.6. The highest BCUT2D eigenvalue weighted by atomic mass is 16.5. The number of amides is 1. The summed E-state index contributed by atoms with van der Waals surface area (Å²) in [6.45, 7) is 4.46. The highest BCUT2D eigenvalue weighted by molar-refractivity contribution is 6.07. The highest BCUT2D eigenvalue weighted by Crippen LogP contribution is 2.35. The highest BCUT2D eigenvalue weighted by Gasteiger charge is 2.21. The summed E-state index contributed by atoms with van der Waals surface area (Å²) in [5, 5.41) is 0. The summed E-state index contributed by atoms with van der Waals surface area (Å²) in [6, 6.07) is 10.6. The average Bonchev–Trinajstić information content (AvgIpc) is 3.09. The maximum Gasteiger partial charge on any atom is 0.259 e. The molecule has 1 unspecified atom stereocenters. The van der Waals surface area contributed by atoms with Gasteiger partial charge in [-0.05, 0) is 62.4 Å². The van der Waals surface area contributed by atoms with Crippen LogP contribution in [0.2, 0.25) is 0 Å². The third kappa shape index (κ3) is 5.20. The number of allylic oxidation sites excluding steroid dienone is 1. The Kier molecular flexibility index (Phi) is 6.77. The first-order chi connectivity index (χ1) is 14.4. The molecular formula is C24H27NO5. The number of hydrogen-bond acceptors (Lipinski definition) is 5. The Morgan fingerprint density at radius 3 is 2.57 bits per heavy atom. The molecule has 1 heterocycles. The van der Waals surface area contributed by atoms with E-state index in [1.807, 2.05) is 26.0 Å². The minimum atomic E-state index is -0.136. The molecule has 6 heteroatoms. The van der Waals surface area contributed by atoms with Crippen LogP contribution in [-0.2, 0) is 11.2 Å². The molecule has 0 fully saturated rings. The minimum absolute atomic E-state index is 0.0422. The van der Waals surface area contributed by atoms with Crippen LogP contribution in [0.4, 0.5) is 0 Å². The normalized spacial score (nSPS) is 14.9. The fourth-order valence-electron chi connectivity index (χ4n) is 3.12. The van der Waals surface area contributed by atoms with Crippen molar-refractivity contribution >= 4 is 17.8 Å². The van der Waals surface area contributed by atoms with E-state index in [9.17, 15) is 9.59 Å². The van der Waals surface area contributed by atoms with Crippen LogP contribution in [0.15, 0.2) is 42.5 Å². The molecule has 0 bridgehead atoms. The number of ketones is 1. The van der Waals surface area contributed by atoms with E-state index in [2.05, 4.69) is 0 Å². The molecule has 158 valence electrons. The number of nitrogens with zero attached hydrogens (tertiary/aromatic N) is 1. The Hall–Kier alpha value is -3.28. The number of carbonyl (C=O) groups excluding carboxylic acids is 2. The van der Waals surface area contributed by atoms with E-state index in [-0.39, 0.29) is 24.4 Å². The minimum Gasteiger partial charge on any atom is -0.493 e. The Morgan fingerprint density at radius 1 is 1.17 bits per heavy atom. The lowest BCUT2D eigenvalue weighted by molar-refractivity contribution is -0.130. The summed E-state index contributed by atoms with van der Waals surface area (Å²) in [5.74, 6) is 1.85. The molecule has 0 spiro atoms. The van der Waals surface area contributed by atoms with Crippen molar-refractivity contribution < 1.29 is 23.8 Å². The van der Waals surface area contributed by atoms with Crippen LogP contribution in [0.25, 0.3) is 6.08 Å². The third-order valence-corrected chi connectivity index (χ3v) is 4.74. The van der Waals surface area contributed by atoms with Crippen molar-refractivity contribution in [2.45, 2.75) is 26.4 Å². The molecule has 0 N–H and O–H groups in total. The Morgan fingerprint density at radius 2 is 1.90 bits per heavy atom. The summed E-state index contributed by atoms with van der Waals surface area (Å²) in [6.07, 6.45) is 4.27. The first kappa shape index (κ1) is 21.4. The summed E-state index contributed by atoms with van der Waals surface area (Å²) >= 11 is 0. The molecular weight excluding hydrogens is 382 g/mol. The van der Waals surface area contributed by atoms with Gasteiger partial charge in [0.25, 0.3) is 5.91 Å². The molecule has 1 aliphatic heterocycles. The van der Waals surface area contributed by atoms with E-state index in [0.717, 1.165) is 29.0 Å². The number of hydrogen-bond donors (Lipinski definition) is 0. The molecule has 1 aliphatic rings. The zero-order chi connectivity index (χ0) is 21.7. The molecule has 1 amide bonds. The predicted octanol–water partition coefficient (Wildman–Crippen LogP) is 3.77. The van der Waals surface area contributed by atoms with Crippen molar-refractivity contribution in [1.29, 1.82) is 0 Å². The number of rotatable bonds is 8. The molecule has 0 aliphatic carbocycles. The molecule has 3 rings (SSSR count). The van der Waals surface area contributed by atoms with E-state index in [4.69, 9.17) is 14.2 Å². The molecule has 1 atom stereocenters. The first-order valence-corrected chi connectivity index (χ1v) is 9.99. The quantitative estimate of drug-likeness (QED) is 0.491. The van der Waals surface area contributed by atoms with Gasteiger partial charge in [0.15, 0.2) is 12.4 Å². The lowest BCUT2D eigenvalue weighted by atomic mass is 10.0. The number of likely N-dealkylation sites (N-methyl/N-ethyl adjacent to an activating group) is 1. The van der Waals surface area contributed by atoms with Crippen LogP contribution >= 0.6 is 0 Å². The van der Waals surface area contributed by atoms with Crippen molar-refractivity contribution in [3.05, 3.63) is 59.2 Å².